The molecule has 1 aromatic rings. The molecule has 9 heteroatoms. The molecule has 3 N–H and O–H groups in total. The zero-order valence-corrected chi connectivity index (χ0v) is 13.0. The molecule has 1 unspecified atom stereocenters. The van der Waals surface area contributed by atoms with Crippen LogP contribution in [0, 0.1) is 0 Å². The van der Waals surface area contributed by atoms with Gasteiger partial charge in [0.1, 0.15) is 0 Å². The summed E-state index contributed by atoms with van der Waals surface area (Å²) in [6.07, 6.45) is -4.50. The Morgan fingerprint density at radius 3 is 2.62 bits per heavy atom. The van der Waals surface area contributed by atoms with Crippen LogP contribution < -0.4 is 16.0 Å². The van der Waals surface area contributed by atoms with E-state index < -0.39 is 23.6 Å². The second-order valence-corrected chi connectivity index (χ2v) is 5.42. The summed E-state index contributed by atoms with van der Waals surface area (Å²) in [6, 6.07) is 2.56. The molecule has 132 valence electrons. The van der Waals surface area contributed by atoms with Crippen LogP contribution in [-0.4, -0.2) is 37.6 Å². The van der Waals surface area contributed by atoms with Gasteiger partial charge in [-0.3, -0.25) is 9.59 Å². The lowest BCUT2D eigenvalue weighted by atomic mass is 10.1. The van der Waals surface area contributed by atoms with Crippen LogP contribution in [-0.2, 0) is 20.5 Å². The minimum Gasteiger partial charge on any atom is -0.378 e. The van der Waals surface area contributed by atoms with Gasteiger partial charge >= 0.3 is 6.18 Å². The SMILES string of the molecule is CC(=O)Nc1ccc(C(F)(F)F)cc1NC(=O)CC1COCCN1. The number of carbonyl (C=O) groups is 2. The third-order valence-electron chi connectivity index (χ3n) is 3.36. The van der Waals surface area contributed by atoms with E-state index in [1.54, 1.807) is 0 Å². The quantitative estimate of drug-likeness (QED) is 0.780. The molecule has 0 saturated carbocycles. The number of hydrogen-bond donors (Lipinski definition) is 3. The molecule has 24 heavy (non-hydrogen) atoms. The number of hydrogen-bond acceptors (Lipinski definition) is 4. The third-order valence-corrected chi connectivity index (χ3v) is 3.36. The molecule has 0 bridgehead atoms. The number of alkyl halides is 3. The van der Waals surface area contributed by atoms with Gasteiger partial charge in [0.25, 0.3) is 0 Å². The fourth-order valence-corrected chi connectivity index (χ4v) is 2.30. The molecule has 6 nitrogen and oxygen atoms in total. The van der Waals surface area contributed by atoms with Crippen molar-refractivity contribution in [2.75, 3.05) is 30.4 Å². The first-order valence-electron chi connectivity index (χ1n) is 7.35. The Hall–Kier alpha value is -2.13. The number of halogens is 3. The van der Waals surface area contributed by atoms with Gasteiger partial charge in [-0.05, 0) is 18.2 Å². The van der Waals surface area contributed by atoms with Crippen LogP contribution in [0.3, 0.4) is 0 Å². The first kappa shape index (κ1) is 18.2. The maximum absolute atomic E-state index is 12.8. The summed E-state index contributed by atoms with van der Waals surface area (Å²) < 4.78 is 43.8. The van der Waals surface area contributed by atoms with Gasteiger partial charge in [0.2, 0.25) is 11.8 Å². The largest absolute Gasteiger partial charge is 0.416 e. The van der Waals surface area contributed by atoms with Crippen molar-refractivity contribution >= 4 is 23.2 Å². The van der Waals surface area contributed by atoms with Crippen molar-refractivity contribution in [1.29, 1.82) is 0 Å². The minimum absolute atomic E-state index is 0.0513. The number of amides is 2. The summed E-state index contributed by atoms with van der Waals surface area (Å²) in [6.45, 7) is 2.75. The lowest BCUT2D eigenvalue weighted by Gasteiger charge is -2.23. The van der Waals surface area contributed by atoms with Crippen molar-refractivity contribution in [3.05, 3.63) is 23.8 Å². The van der Waals surface area contributed by atoms with E-state index in [1.165, 1.54) is 6.92 Å². The minimum atomic E-state index is -4.55. The average molecular weight is 345 g/mol. The predicted molar refractivity (Wildman–Crippen MR) is 81.6 cm³/mol. The zero-order valence-electron chi connectivity index (χ0n) is 13.0. The summed E-state index contributed by atoms with van der Waals surface area (Å²) in [4.78, 5) is 23.3. The molecule has 1 aliphatic rings. The fourth-order valence-electron chi connectivity index (χ4n) is 2.30. The van der Waals surface area contributed by atoms with E-state index in [1.807, 2.05) is 0 Å². The summed E-state index contributed by atoms with van der Waals surface area (Å²) in [5.74, 6) is -0.920. The van der Waals surface area contributed by atoms with Crippen LogP contribution in [0.15, 0.2) is 18.2 Å². The summed E-state index contributed by atoms with van der Waals surface area (Å²) in [5, 5.41) is 7.91. The molecule has 1 atom stereocenters. The lowest BCUT2D eigenvalue weighted by Crippen LogP contribution is -2.43. The van der Waals surface area contributed by atoms with Gasteiger partial charge in [-0.15, -0.1) is 0 Å². The number of nitrogens with one attached hydrogen (secondary N) is 3. The van der Waals surface area contributed by atoms with E-state index in [-0.39, 0.29) is 23.8 Å². The monoisotopic (exact) mass is 345 g/mol. The predicted octanol–water partition coefficient (Wildman–Crippen LogP) is 1.98. The molecule has 2 rings (SSSR count). The highest BCUT2D eigenvalue weighted by Crippen LogP contribution is 2.34. The van der Waals surface area contributed by atoms with E-state index in [4.69, 9.17) is 4.74 Å². The van der Waals surface area contributed by atoms with Gasteiger partial charge in [0.15, 0.2) is 0 Å². The maximum atomic E-state index is 12.8. The van der Waals surface area contributed by atoms with Crippen molar-refractivity contribution in [3.63, 3.8) is 0 Å². The molecule has 1 heterocycles. The van der Waals surface area contributed by atoms with Gasteiger partial charge in [0, 0.05) is 25.9 Å². The second kappa shape index (κ2) is 7.63. The van der Waals surface area contributed by atoms with E-state index in [0.717, 1.165) is 18.2 Å². The normalized spacial score (nSPS) is 18.1. The maximum Gasteiger partial charge on any atom is 0.416 e. The Kier molecular flexibility index (Phi) is 5.79. The van der Waals surface area contributed by atoms with Crippen molar-refractivity contribution < 1.29 is 27.5 Å². The van der Waals surface area contributed by atoms with E-state index in [9.17, 15) is 22.8 Å². The number of carbonyl (C=O) groups excluding carboxylic acids is 2. The van der Waals surface area contributed by atoms with Crippen LogP contribution in [0.1, 0.15) is 18.9 Å². The fraction of sp³-hybridized carbons (Fsp3) is 0.467. The highest BCUT2D eigenvalue weighted by Gasteiger charge is 2.31. The van der Waals surface area contributed by atoms with Gasteiger partial charge < -0.3 is 20.7 Å². The van der Waals surface area contributed by atoms with E-state index >= 15 is 0 Å². The van der Waals surface area contributed by atoms with E-state index in [2.05, 4.69) is 16.0 Å². The molecule has 1 aliphatic heterocycles. The Morgan fingerprint density at radius 1 is 1.29 bits per heavy atom. The standard InChI is InChI=1S/C15H18F3N3O3/c1-9(22)20-12-3-2-10(15(16,17)18)6-13(12)21-14(23)7-11-8-24-5-4-19-11/h2-3,6,11,19H,4-5,7-8H2,1H3,(H,20,22)(H,21,23). The summed E-state index contributed by atoms with van der Waals surface area (Å²) >= 11 is 0. The number of anilines is 2. The van der Waals surface area contributed by atoms with Crippen LogP contribution in [0.5, 0.6) is 0 Å². The molecule has 0 aromatic heterocycles. The second-order valence-electron chi connectivity index (χ2n) is 5.42. The van der Waals surface area contributed by atoms with Crippen molar-refractivity contribution in [2.24, 2.45) is 0 Å². The molecule has 1 saturated heterocycles. The first-order valence-corrected chi connectivity index (χ1v) is 7.35. The van der Waals surface area contributed by atoms with Gasteiger partial charge in [-0.2, -0.15) is 13.2 Å². The molecule has 0 radical (unpaired) electrons. The summed E-state index contributed by atoms with van der Waals surface area (Å²) in [5.41, 5.74) is -0.899. The van der Waals surface area contributed by atoms with Crippen molar-refractivity contribution in [3.8, 4) is 0 Å². The molecule has 0 spiro atoms. The molecular formula is C15H18F3N3O3. The molecule has 0 aliphatic carbocycles. The highest BCUT2D eigenvalue weighted by atomic mass is 19.4. The van der Waals surface area contributed by atoms with Gasteiger partial charge in [-0.1, -0.05) is 0 Å². The van der Waals surface area contributed by atoms with Gasteiger partial charge in [-0.25, -0.2) is 0 Å². The number of morpholine rings is 1. The Balaban J connectivity index is 2.15. The number of benzene rings is 1. The van der Waals surface area contributed by atoms with Gasteiger partial charge in [0.05, 0.1) is 30.2 Å². The first-order chi connectivity index (χ1) is 11.3. The molecular weight excluding hydrogens is 327 g/mol. The summed E-state index contributed by atoms with van der Waals surface area (Å²) in [7, 11) is 0. The van der Waals surface area contributed by atoms with Crippen LogP contribution >= 0.6 is 0 Å². The van der Waals surface area contributed by atoms with Crippen LogP contribution in [0.4, 0.5) is 24.5 Å². The topological polar surface area (TPSA) is 79.5 Å². The van der Waals surface area contributed by atoms with E-state index in [0.29, 0.717) is 19.8 Å². The Morgan fingerprint density at radius 2 is 2.04 bits per heavy atom. The highest BCUT2D eigenvalue weighted by molar-refractivity contribution is 5.99. The Labute approximate surface area is 136 Å². The number of rotatable bonds is 4. The van der Waals surface area contributed by atoms with Crippen LogP contribution in [0.25, 0.3) is 0 Å². The lowest BCUT2D eigenvalue weighted by molar-refractivity contribution is -0.137. The smallest absolute Gasteiger partial charge is 0.378 e. The third kappa shape index (κ3) is 5.20. The molecule has 2 amide bonds. The zero-order chi connectivity index (χ0) is 17.7. The average Bonchev–Trinajstić information content (AvgIpc) is 2.48. The number of ether oxygens (including phenoxy) is 1. The van der Waals surface area contributed by atoms with Crippen molar-refractivity contribution in [2.45, 2.75) is 25.6 Å². The molecule has 1 fully saturated rings. The van der Waals surface area contributed by atoms with Crippen molar-refractivity contribution in [1.82, 2.24) is 5.32 Å². The Bertz CT molecular complexity index is 614. The molecule has 1 aromatic carbocycles. The van der Waals surface area contributed by atoms with Crippen LogP contribution in [0.2, 0.25) is 0 Å².